The summed E-state index contributed by atoms with van der Waals surface area (Å²) in [6.07, 6.45) is 1.78. The van der Waals surface area contributed by atoms with E-state index in [0.29, 0.717) is 5.75 Å². The molecule has 0 aliphatic carbocycles. The summed E-state index contributed by atoms with van der Waals surface area (Å²) in [6, 6.07) is 9.43. The largest absolute Gasteiger partial charge is 0.464 e. The van der Waals surface area contributed by atoms with Crippen LogP contribution >= 0.6 is 0 Å². The Bertz CT molecular complexity index is 993. The number of nitrogens with zero attached hydrogens (tertiary/aromatic N) is 4. The zero-order chi connectivity index (χ0) is 19.4. The summed E-state index contributed by atoms with van der Waals surface area (Å²) >= 11 is 0. The fourth-order valence-electron chi connectivity index (χ4n) is 2.16. The molecule has 0 N–H and O–H groups in total. The first-order valence-electron chi connectivity index (χ1n) is 7.68. The van der Waals surface area contributed by atoms with Crippen molar-refractivity contribution in [3.8, 4) is 35.8 Å². The van der Waals surface area contributed by atoms with Crippen LogP contribution in [0, 0.1) is 19.3 Å². The summed E-state index contributed by atoms with van der Waals surface area (Å²) < 4.78 is 50.5. The van der Waals surface area contributed by atoms with Crippen molar-refractivity contribution in [2.75, 3.05) is 6.61 Å². The third-order valence-corrected chi connectivity index (χ3v) is 3.29. The van der Waals surface area contributed by atoms with E-state index in [2.05, 4.69) is 21.0 Å². The summed E-state index contributed by atoms with van der Waals surface area (Å²) in [5, 5.41) is 3.48. The fraction of sp³-hybridized carbons (Fsp3) is 0.167. The van der Waals surface area contributed by atoms with E-state index in [0.717, 1.165) is 16.3 Å². The van der Waals surface area contributed by atoms with Crippen LogP contribution in [0.2, 0.25) is 0 Å². The van der Waals surface area contributed by atoms with E-state index in [-0.39, 0.29) is 24.3 Å². The van der Waals surface area contributed by atoms with Crippen molar-refractivity contribution in [2.24, 2.45) is 0 Å². The highest BCUT2D eigenvalue weighted by Gasteiger charge is 2.36. The van der Waals surface area contributed by atoms with E-state index >= 15 is 0 Å². The van der Waals surface area contributed by atoms with Gasteiger partial charge >= 0.3 is 6.18 Å². The molecule has 9 heteroatoms. The number of aryl methyl sites for hydroxylation is 1. The number of rotatable bonds is 5. The van der Waals surface area contributed by atoms with Gasteiger partial charge in [0.15, 0.2) is 12.3 Å². The maximum absolute atomic E-state index is 13.0. The van der Waals surface area contributed by atoms with Crippen molar-refractivity contribution < 1.29 is 22.6 Å². The van der Waals surface area contributed by atoms with Gasteiger partial charge in [0.2, 0.25) is 11.8 Å². The lowest BCUT2D eigenvalue weighted by molar-refractivity contribution is -0.141. The zero-order valence-corrected chi connectivity index (χ0v) is 14.1. The zero-order valence-electron chi connectivity index (χ0n) is 14.1. The summed E-state index contributed by atoms with van der Waals surface area (Å²) in [4.78, 5) is 8.04. The molecule has 0 aliphatic heterocycles. The maximum Gasteiger partial charge on any atom is 0.435 e. The second-order valence-corrected chi connectivity index (χ2v) is 5.38. The molecule has 6 nitrogen and oxygen atoms in total. The van der Waals surface area contributed by atoms with E-state index in [1.54, 1.807) is 12.1 Å². The lowest BCUT2D eigenvalue weighted by atomic mass is 10.2. The molecule has 0 fully saturated rings. The number of benzene rings is 1. The van der Waals surface area contributed by atoms with E-state index in [4.69, 9.17) is 15.9 Å². The normalized spacial score (nSPS) is 11.1. The average Bonchev–Trinajstić information content (AvgIpc) is 3.05. The van der Waals surface area contributed by atoms with E-state index in [1.807, 2.05) is 19.1 Å². The molecule has 0 atom stereocenters. The molecule has 138 valence electrons. The van der Waals surface area contributed by atoms with Crippen molar-refractivity contribution in [1.29, 1.82) is 0 Å². The first-order chi connectivity index (χ1) is 12.9. The Hall–Kier alpha value is -3.54. The first-order valence-corrected chi connectivity index (χ1v) is 7.68. The van der Waals surface area contributed by atoms with Gasteiger partial charge in [0.1, 0.15) is 5.75 Å². The van der Waals surface area contributed by atoms with Crippen molar-refractivity contribution in [2.45, 2.75) is 13.1 Å². The summed E-state index contributed by atoms with van der Waals surface area (Å²) in [7, 11) is 0. The molecule has 0 saturated heterocycles. The number of ether oxygens (including phenoxy) is 2. The number of alkyl halides is 3. The van der Waals surface area contributed by atoms with E-state index < -0.39 is 11.9 Å². The Morgan fingerprint density at radius 3 is 2.74 bits per heavy atom. The van der Waals surface area contributed by atoms with Crippen LogP contribution < -0.4 is 9.47 Å². The van der Waals surface area contributed by atoms with Gasteiger partial charge in [-0.15, -0.1) is 6.42 Å². The minimum absolute atomic E-state index is 0.137. The minimum atomic E-state index is -4.66. The lowest BCUT2D eigenvalue weighted by Gasteiger charge is -2.08. The van der Waals surface area contributed by atoms with Crippen LogP contribution in [0.4, 0.5) is 13.2 Å². The van der Waals surface area contributed by atoms with Crippen LogP contribution in [-0.4, -0.2) is 26.4 Å². The van der Waals surface area contributed by atoms with Crippen LogP contribution in [0.1, 0.15) is 11.3 Å². The second-order valence-electron chi connectivity index (χ2n) is 5.38. The van der Waals surface area contributed by atoms with Gasteiger partial charge in [-0.3, -0.25) is 0 Å². The highest BCUT2D eigenvalue weighted by atomic mass is 19.4. The minimum Gasteiger partial charge on any atom is -0.464 e. The number of halogens is 3. The van der Waals surface area contributed by atoms with Crippen molar-refractivity contribution >= 4 is 0 Å². The predicted molar refractivity (Wildman–Crippen MR) is 89.7 cm³/mol. The fourth-order valence-corrected chi connectivity index (χ4v) is 2.16. The monoisotopic (exact) mass is 374 g/mol. The van der Waals surface area contributed by atoms with Crippen LogP contribution in [0.5, 0.6) is 17.5 Å². The molecule has 2 heterocycles. The Morgan fingerprint density at radius 1 is 1.22 bits per heavy atom. The number of hydrogen-bond donors (Lipinski definition) is 0. The highest BCUT2D eigenvalue weighted by molar-refractivity contribution is 5.32. The number of hydrogen-bond acceptors (Lipinski definition) is 5. The number of terminal acetylenes is 1. The van der Waals surface area contributed by atoms with Gasteiger partial charge in [-0.2, -0.15) is 27.9 Å². The van der Waals surface area contributed by atoms with E-state index in [1.165, 1.54) is 12.3 Å². The van der Waals surface area contributed by atoms with Gasteiger partial charge in [0, 0.05) is 18.3 Å². The molecule has 2 aromatic heterocycles. The average molecular weight is 374 g/mol. The first kappa shape index (κ1) is 18.3. The van der Waals surface area contributed by atoms with Gasteiger partial charge in [0.25, 0.3) is 5.95 Å². The highest BCUT2D eigenvalue weighted by Crippen LogP contribution is 2.32. The molecule has 1 aromatic carbocycles. The predicted octanol–water partition coefficient (Wildman–Crippen LogP) is 3.79. The van der Waals surface area contributed by atoms with Crippen molar-refractivity contribution in [1.82, 2.24) is 19.7 Å². The molecule has 0 aliphatic rings. The molecule has 3 rings (SSSR count). The summed E-state index contributed by atoms with van der Waals surface area (Å²) in [5.41, 5.74) is -0.170. The van der Waals surface area contributed by atoms with Gasteiger partial charge in [0.05, 0.1) is 0 Å². The van der Waals surface area contributed by atoms with Crippen molar-refractivity contribution in [3.05, 3.63) is 53.9 Å². The van der Waals surface area contributed by atoms with Gasteiger partial charge in [-0.25, -0.2) is 4.98 Å². The molecular weight excluding hydrogens is 361 g/mol. The topological polar surface area (TPSA) is 62.1 Å². The number of aromatic nitrogens is 4. The molecule has 3 aromatic rings. The second kappa shape index (κ2) is 7.37. The van der Waals surface area contributed by atoms with Crippen LogP contribution in [0.25, 0.3) is 5.95 Å². The lowest BCUT2D eigenvalue weighted by Crippen LogP contribution is -2.10. The third kappa shape index (κ3) is 4.36. The Balaban J connectivity index is 1.96. The molecule has 0 spiro atoms. The Labute approximate surface area is 152 Å². The quantitative estimate of drug-likeness (QED) is 0.636. The maximum atomic E-state index is 13.0. The molecule has 27 heavy (non-hydrogen) atoms. The Morgan fingerprint density at radius 2 is 2.04 bits per heavy atom. The third-order valence-electron chi connectivity index (χ3n) is 3.29. The summed E-state index contributed by atoms with van der Waals surface area (Å²) in [5.74, 6) is 2.47. The van der Waals surface area contributed by atoms with Crippen LogP contribution in [-0.2, 0) is 6.18 Å². The standard InChI is InChI=1S/C18H13F3N4O2/c1-3-9-26-16-11-14(18(19,20)21)24-25(16)17-22-8-7-15(23-17)27-13-6-4-5-12(2)10-13/h1,4-8,10-11H,9H2,2H3. The van der Waals surface area contributed by atoms with Crippen LogP contribution in [0.3, 0.4) is 0 Å². The van der Waals surface area contributed by atoms with Crippen molar-refractivity contribution in [3.63, 3.8) is 0 Å². The molecule has 0 unspecified atom stereocenters. The molecule has 0 amide bonds. The molecule has 0 saturated carbocycles. The smallest absolute Gasteiger partial charge is 0.435 e. The van der Waals surface area contributed by atoms with Gasteiger partial charge in [-0.05, 0) is 24.6 Å². The molecule has 0 bridgehead atoms. The molecule has 0 radical (unpaired) electrons. The SMILES string of the molecule is C#CCOc1cc(C(F)(F)F)nn1-c1nccc(Oc2cccc(C)c2)n1. The molecular formula is C18H13F3N4O2. The Kier molecular flexibility index (Phi) is 4.98. The van der Waals surface area contributed by atoms with E-state index in [9.17, 15) is 13.2 Å². The van der Waals surface area contributed by atoms with Gasteiger partial charge < -0.3 is 9.47 Å². The summed E-state index contributed by atoms with van der Waals surface area (Å²) in [6.45, 7) is 1.66. The van der Waals surface area contributed by atoms with Crippen LogP contribution in [0.15, 0.2) is 42.6 Å². The van der Waals surface area contributed by atoms with Gasteiger partial charge in [-0.1, -0.05) is 18.1 Å².